The number of aromatic nitrogens is 1. The fraction of sp³-hybridized carbons (Fsp3) is 0.357. The molecule has 0 aromatic carbocycles. The third-order valence-electron chi connectivity index (χ3n) is 3.35. The third-order valence-corrected chi connectivity index (χ3v) is 7.05. The highest BCUT2D eigenvalue weighted by molar-refractivity contribution is 14.0. The number of guanidine groups is 1. The van der Waals surface area contributed by atoms with E-state index in [2.05, 4.69) is 20.3 Å². The molecule has 0 fully saturated rings. The monoisotopic (exact) mass is 551 g/mol. The summed E-state index contributed by atoms with van der Waals surface area (Å²) in [4.78, 5) is 4.09. The molecule has 0 spiro atoms. The van der Waals surface area contributed by atoms with Crippen LogP contribution in [0.1, 0.15) is 5.69 Å². The Morgan fingerprint density at radius 3 is 2.58 bits per heavy atom. The zero-order valence-corrected chi connectivity index (χ0v) is 19.6. The molecule has 0 bridgehead atoms. The molecule has 0 aliphatic carbocycles. The highest BCUT2D eigenvalue weighted by Crippen LogP contribution is 2.24. The normalized spacial score (nSPS) is 11.9. The van der Waals surface area contributed by atoms with Crippen molar-refractivity contribution in [1.82, 2.24) is 19.9 Å². The van der Waals surface area contributed by atoms with Crippen molar-refractivity contribution in [2.24, 2.45) is 12.0 Å². The molecule has 0 aliphatic rings. The van der Waals surface area contributed by atoms with Gasteiger partial charge < -0.3 is 15.2 Å². The van der Waals surface area contributed by atoms with Gasteiger partial charge in [-0.25, -0.2) is 13.1 Å². The second-order valence-corrected chi connectivity index (χ2v) is 8.72. The van der Waals surface area contributed by atoms with Crippen LogP contribution in [-0.2, 0) is 23.6 Å². The van der Waals surface area contributed by atoms with E-state index < -0.39 is 10.0 Å². The summed E-state index contributed by atoms with van der Waals surface area (Å²) in [7, 11) is 0.00631. The Morgan fingerprint density at radius 1 is 1.31 bits per heavy atom. The van der Waals surface area contributed by atoms with Gasteiger partial charge in [0.2, 0.25) is 10.0 Å². The molecule has 7 nitrogen and oxygen atoms in total. The summed E-state index contributed by atoms with van der Waals surface area (Å²) in [5.41, 5.74) is 0.899. The molecule has 2 heterocycles. The number of aliphatic imine (C=N–C) groups is 1. The maximum Gasteiger partial charge on any atom is 0.250 e. The standard InChI is InChI=1S/C14H19Cl2N5O2S2.HI/c1-17-14(19-9-10-8-11(15)13(16)21(10)2)18-5-6-20-25(22,23)12-4-3-7-24-12;/h3-4,7-8,20H,5-6,9H2,1-2H3,(H2,17,18,19);1H. The molecule has 2 aromatic heterocycles. The van der Waals surface area contributed by atoms with Crippen LogP contribution in [0.25, 0.3) is 0 Å². The predicted octanol–water partition coefficient (Wildman–Crippen LogP) is 2.65. The van der Waals surface area contributed by atoms with E-state index in [0.29, 0.717) is 33.4 Å². The van der Waals surface area contributed by atoms with Crippen LogP contribution in [0.4, 0.5) is 0 Å². The minimum Gasteiger partial charge on any atom is -0.355 e. The van der Waals surface area contributed by atoms with E-state index >= 15 is 0 Å². The van der Waals surface area contributed by atoms with Crippen LogP contribution >= 0.6 is 58.5 Å². The molecular formula is C14H20Cl2IN5O2S2. The largest absolute Gasteiger partial charge is 0.355 e. The minimum atomic E-state index is -3.45. The Balaban J connectivity index is 0.00000338. The molecule has 12 heteroatoms. The first kappa shape index (κ1) is 23.5. The summed E-state index contributed by atoms with van der Waals surface area (Å²) in [5, 5.41) is 8.85. The molecule has 0 amide bonds. The van der Waals surface area contributed by atoms with Gasteiger partial charge in [0.25, 0.3) is 0 Å². The quantitative estimate of drug-likeness (QED) is 0.214. The van der Waals surface area contributed by atoms with E-state index in [4.69, 9.17) is 23.2 Å². The zero-order chi connectivity index (χ0) is 18.4. The summed E-state index contributed by atoms with van der Waals surface area (Å²) < 4.78 is 28.6. The maximum absolute atomic E-state index is 12.0. The van der Waals surface area contributed by atoms with Crippen molar-refractivity contribution in [2.75, 3.05) is 20.1 Å². The summed E-state index contributed by atoms with van der Waals surface area (Å²) in [6.45, 7) is 1.10. The van der Waals surface area contributed by atoms with Crippen molar-refractivity contribution < 1.29 is 8.42 Å². The topological polar surface area (TPSA) is 87.5 Å². The highest BCUT2D eigenvalue weighted by Gasteiger charge is 2.14. The molecule has 0 radical (unpaired) electrons. The van der Waals surface area contributed by atoms with Gasteiger partial charge >= 0.3 is 0 Å². The Hall–Kier alpha value is -0.530. The number of halogens is 3. The van der Waals surface area contributed by atoms with E-state index in [9.17, 15) is 8.42 Å². The van der Waals surface area contributed by atoms with Crippen molar-refractivity contribution in [2.45, 2.75) is 10.8 Å². The first-order valence-electron chi connectivity index (χ1n) is 7.32. The summed E-state index contributed by atoms with van der Waals surface area (Å²) >= 11 is 13.2. The van der Waals surface area contributed by atoms with E-state index in [1.807, 2.05) is 7.05 Å². The SMILES string of the molecule is CN=C(NCCNS(=O)(=O)c1cccs1)NCc1cc(Cl)c(Cl)n1C.I. The Bertz CT molecular complexity index is 838. The van der Waals surface area contributed by atoms with E-state index in [1.54, 1.807) is 35.2 Å². The Morgan fingerprint density at radius 2 is 2.04 bits per heavy atom. The third kappa shape index (κ3) is 6.27. The Labute approximate surface area is 184 Å². The summed E-state index contributed by atoms with van der Waals surface area (Å²) in [5.74, 6) is 0.545. The molecule has 0 saturated carbocycles. The second-order valence-electron chi connectivity index (χ2n) is 5.02. The van der Waals surface area contributed by atoms with Gasteiger partial charge in [-0.15, -0.1) is 35.3 Å². The van der Waals surface area contributed by atoms with Crippen molar-refractivity contribution in [3.63, 3.8) is 0 Å². The minimum absolute atomic E-state index is 0. The van der Waals surface area contributed by atoms with Crippen molar-refractivity contribution >= 4 is 74.5 Å². The van der Waals surface area contributed by atoms with E-state index in [1.165, 1.54) is 11.3 Å². The lowest BCUT2D eigenvalue weighted by Gasteiger charge is -2.12. The van der Waals surface area contributed by atoms with Gasteiger partial charge in [-0.1, -0.05) is 29.3 Å². The number of nitrogens with zero attached hydrogens (tertiary/aromatic N) is 2. The second kappa shape index (κ2) is 10.7. The van der Waals surface area contributed by atoms with Crippen LogP contribution < -0.4 is 15.4 Å². The van der Waals surface area contributed by atoms with Crippen molar-refractivity contribution in [3.05, 3.63) is 39.4 Å². The summed E-state index contributed by atoms with van der Waals surface area (Å²) in [6, 6.07) is 5.04. The van der Waals surface area contributed by atoms with Gasteiger partial charge in [0, 0.05) is 32.9 Å². The van der Waals surface area contributed by atoms with Crippen molar-refractivity contribution in [3.8, 4) is 0 Å². The van der Waals surface area contributed by atoms with Gasteiger partial charge in [-0.05, 0) is 17.5 Å². The number of sulfonamides is 1. The van der Waals surface area contributed by atoms with Crippen molar-refractivity contribution in [1.29, 1.82) is 0 Å². The number of hydrogen-bond acceptors (Lipinski definition) is 4. The smallest absolute Gasteiger partial charge is 0.250 e. The number of thiophene rings is 1. The van der Waals surface area contributed by atoms with E-state index in [0.717, 1.165) is 5.69 Å². The molecule has 0 saturated heterocycles. The fourth-order valence-corrected chi connectivity index (χ4v) is 4.49. The lowest BCUT2D eigenvalue weighted by atomic mass is 10.4. The molecule has 0 atom stereocenters. The van der Waals surface area contributed by atoms with E-state index in [-0.39, 0.29) is 30.5 Å². The predicted molar refractivity (Wildman–Crippen MR) is 119 cm³/mol. The molecule has 2 rings (SSSR count). The number of nitrogens with one attached hydrogen (secondary N) is 3. The average Bonchev–Trinajstić information content (AvgIpc) is 3.20. The number of hydrogen-bond donors (Lipinski definition) is 3. The molecule has 0 aliphatic heterocycles. The molecular weight excluding hydrogens is 532 g/mol. The molecule has 146 valence electrons. The number of rotatable bonds is 7. The first-order chi connectivity index (χ1) is 11.8. The van der Waals surface area contributed by atoms with Crippen LogP contribution in [0.3, 0.4) is 0 Å². The van der Waals surface area contributed by atoms with Gasteiger partial charge in [-0.2, -0.15) is 0 Å². The lowest BCUT2D eigenvalue weighted by molar-refractivity contribution is 0.582. The summed E-state index contributed by atoms with van der Waals surface area (Å²) in [6.07, 6.45) is 0. The van der Waals surface area contributed by atoms with Crippen LogP contribution in [0.15, 0.2) is 32.8 Å². The van der Waals surface area contributed by atoms with Crippen LogP contribution in [0.5, 0.6) is 0 Å². The molecule has 26 heavy (non-hydrogen) atoms. The lowest BCUT2D eigenvalue weighted by Crippen LogP contribution is -2.41. The average molecular weight is 552 g/mol. The molecule has 3 N–H and O–H groups in total. The van der Waals surface area contributed by atoms with Gasteiger partial charge in [0.15, 0.2) is 5.96 Å². The molecule has 0 unspecified atom stereocenters. The van der Waals surface area contributed by atoms with Gasteiger partial charge in [0.1, 0.15) is 9.36 Å². The first-order valence-corrected chi connectivity index (χ1v) is 10.4. The zero-order valence-electron chi connectivity index (χ0n) is 14.1. The van der Waals surface area contributed by atoms with Gasteiger partial charge in [-0.3, -0.25) is 4.99 Å². The highest BCUT2D eigenvalue weighted by atomic mass is 127. The fourth-order valence-electron chi connectivity index (χ4n) is 2.01. The maximum atomic E-state index is 12.0. The Kier molecular flexibility index (Phi) is 9.69. The van der Waals surface area contributed by atoms with Gasteiger partial charge in [0.05, 0.1) is 11.6 Å². The van der Waals surface area contributed by atoms with Crippen LogP contribution in [0.2, 0.25) is 10.2 Å². The van der Waals surface area contributed by atoms with Crippen LogP contribution in [-0.4, -0.2) is 39.1 Å². The van der Waals surface area contributed by atoms with Crippen LogP contribution in [0, 0.1) is 0 Å². The molecule has 2 aromatic rings.